The first-order chi connectivity index (χ1) is 13.8. The average Bonchev–Trinajstić information content (AvgIpc) is 3.21. The number of amides is 1. The van der Waals surface area contributed by atoms with E-state index in [1.165, 1.54) is 10.4 Å². The molecule has 5 rings (SSSR count). The number of fused-ring (bicyclic) bond motifs is 2. The maximum Gasteiger partial charge on any atom is 0.264 e. The molecule has 0 atom stereocenters. The second-order valence-electron chi connectivity index (χ2n) is 7.76. The largest absolute Gasteiger partial charge is 0.370 e. The summed E-state index contributed by atoms with van der Waals surface area (Å²) in [7, 11) is 0. The molecule has 28 heavy (non-hydrogen) atoms. The molecule has 1 spiro atoms. The molecular weight excluding hydrogens is 372 g/mol. The summed E-state index contributed by atoms with van der Waals surface area (Å²) >= 11 is 1.68. The number of rotatable bonds is 2. The van der Waals surface area contributed by atoms with Crippen LogP contribution in [0.5, 0.6) is 0 Å². The first-order valence-electron chi connectivity index (χ1n) is 10.2. The van der Waals surface area contributed by atoms with Crippen LogP contribution in [0.3, 0.4) is 0 Å². The van der Waals surface area contributed by atoms with Crippen LogP contribution >= 0.6 is 11.3 Å². The van der Waals surface area contributed by atoms with Crippen LogP contribution in [0, 0.1) is 0 Å². The molecule has 0 unspecified atom stereocenters. The predicted molar refractivity (Wildman–Crippen MR) is 110 cm³/mol. The molecule has 2 aromatic heterocycles. The summed E-state index contributed by atoms with van der Waals surface area (Å²) in [5.74, 6) is 1.16. The Kier molecular flexibility index (Phi) is 4.82. The van der Waals surface area contributed by atoms with Crippen LogP contribution in [-0.4, -0.2) is 61.7 Å². The Hall–Kier alpha value is -1.96. The summed E-state index contributed by atoms with van der Waals surface area (Å²) in [5.41, 5.74) is 1.10. The van der Waals surface area contributed by atoms with Gasteiger partial charge in [0.05, 0.1) is 17.1 Å². The average molecular weight is 399 g/mol. The van der Waals surface area contributed by atoms with Crippen LogP contribution in [0.15, 0.2) is 30.5 Å². The lowest BCUT2D eigenvalue weighted by molar-refractivity contribution is -0.0792. The number of piperidine rings is 1. The van der Waals surface area contributed by atoms with E-state index in [2.05, 4.69) is 21.3 Å². The second kappa shape index (κ2) is 7.46. The molecule has 0 bridgehead atoms. The fraction of sp³-hybridized carbons (Fsp3) is 0.524. The van der Waals surface area contributed by atoms with Gasteiger partial charge in [-0.1, -0.05) is 6.07 Å². The summed E-state index contributed by atoms with van der Waals surface area (Å²) in [6, 6.07) is 8.11. The lowest BCUT2D eigenvalue weighted by atomic mass is 9.83. The van der Waals surface area contributed by atoms with Gasteiger partial charge in [-0.25, -0.2) is 4.98 Å². The highest BCUT2D eigenvalue weighted by molar-refractivity contribution is 7.14. The molecular formula is C21H26N4O2S. The molecule has 3 aliphatic heterocycles. The van der Waals surface area contributed by atoms with E-state index < -0.39 is 0 Å². The Bertz CT molecular complexity index is 839. The zero-order valence-corrected chi connectivity index (χ0v) is 16.8. The summed E-state index contributed by atoms with van der Waals surface area (Å²) in [5, 5.41) is 3.42. The van der Waals surface area contributed by atoms with E-state index in [4.69, 9.17) is 4.74 Å². The van der Waals surface area contributed by atoms with Gasteiger partial charge in [0.2, 0.25) is 0 Å². The van der Waals surface area contributed by atoms with Crippen molar-refractivity contribution in [3.8, 4) is 0 Å². The number of hydrogen-bond acceptors (Lipinski definition) is 6. The van der Waals surface area contributed by atoms with Crippen LogP contribution in [0.1, 0.15) is 33.0 Å². The Morgan fingerprint density at radius 1 is 1.18 bits per heavy atom. The number of piperazine rings is 1. The SMILES string of the molecule is O=C(c1cc2c(s1)CCOC21CCNCC1)N1CCN(c2ccccn2)CC1. The molecule has 2 fully saturated rings. The van der Waals surface area contributed by atoms with Gasteiger partial charge in [0, 0.05) is 43.7 Å². The van der Waals surface area contributed by atoms with E-state index in [-0.39, 0.29) is 11.5 Å². The van der Waals surface area contributed by atoms with Gasteiger partial charge < -0.3 is 19.9 Å². The standard InChI is InChI=1S/C21H26N4O2S/c26-20(25-12-10-24(11-13-25)19-3-1-2-7-23-19)18-15-16-17(28-18)4-14-27-21(16)5-8-22-9-6-21/h1-3,7,15,22H,4-6,8-14H2. The van der Waals surface area contributed by atoms with Crippen molar-refractivity contribution >= 4 is 23.1 Å². The Morgan fingerprint density at radius 2 is 2.00 bits per heavy atom. The molecule has 148 valence electrons. The molecule has 2 saturated heterocycles. The number of aromatic nitrogens is 1. The van der Waals surface area contributed by atoms with Crippen LogP contribution in [0.4, 0.5) is 5.82 Å². The first-order valence-corrected chi connectivity index (χ1v) is 11.0. The number of pyridine rings is 1. The third-order valence-corrected chi connectivity index (χ3v) is 7.35. The van der Waals surface area contributed by atoms with Gasteiger partial charge in [-0.05, 0) is 49.7 Å². The van der Waals surface area contributed by atoms with Crippen LogP contribution in [0.25, 0.3) is 0 Å². The van der Waals surface area contributed by atoms with Gasteiger partial charge in [0.1, 0.15) is 5.82 Å². The van der Waals surface area contributed by atoms with Gasteiger partial charge in [-0.2, -0.15) is 0 Å². The highest BCUT2D eigenvalue weighted by atomic mass is 32.1. The molecule has 7 heteroatoms. The van der Waals surface area contributed by atoms with Crippen molar-refractivity contribution in [3.63, 3.8) is 0 Å². The van der Waals surface area contributed by atoms with Crippen LogP contribution < -0.4 is 10.2 Å². The minimum absolute atomic E-state index is 0.171. The number of nitrogens with one attached hydrogen (secondary N) is 1. The molecule has 6 nitrogen and oxygen atoms in total. The van der Waals surface area contributed by atoms with E-state index in [9.17, 15) is 4.79 Å². The third kappa shape index (κ3) is 3.21. The lowest BCUT2D eigenvalue weighted by Crippen LogP contribution is -2.48. The molecule has 1 N–H and O–H groups in total. The van der Waals surface area contributed by atoms with Crippen molar-refractivity contribution in [2.45, 2.75) is 24.9 Å². The van der Waals surface area contributed by atoms with Gasteiger partial charge >= 0.3 is 0 Å². The van der Waals surface area contributed by atoms with Crippen molar-refractivity contribution in [1.29, 1.82) is 0 Å². The maximum atomic E-state index is 13.2. The second-order valence-corrected chi connectivity index (χ2v) is 8.89. The molecule has 0 saturated carbocycles. The van der Waals surface area contributed by atoms with Crippen LogP contribution in [-0.2, 0) is 16.8 Å². The summed E-state index contributed by atoms with van der Waals surface area (Å²) in [4.78, 5) is 24.1. The molecule has 1 amide bonds. The predicted octanol–water partition coefficient (Wildman–Crippen LogP) is 2.26. The highest BCUT2D eigenvalue weighted by Gasteiger charge is 2.41. The van der Waals surface area contributed by atoms with E-state index >= 15 is 0 Å². The van der Waals surface area contributed by atoms with Gasteiger partial charge in [0.15, 0.2) is 0 Å². The van der Waals surface area contributed by atoms with E-state index in [1.54, 1.807) is 11.3 Å². The maximum absolute atomic E-state index is 13.2. The van der Waals surface area contributed by atoms with Gasteiger partial charge in [0.25, 0.3) is 5.91 Å². The molecule has 2 aromatic rings. The number of nitrogens with zero attached hydrogens (tertiary/aromatic N) is 3. The van der Waals surface area contributed by atoms with Crippen molar-refractivity contribution in [2.24, 2.45) is 0 Å². The number of anilines is 1. The molecule has 0 radical (unpaired) electrons. The normalized spacial score (nSPS) is 21.6. The van der Waals surface area contributed by atoms with Crippen molar-refractivity contribution in [3.05, 3.63) is 45.8 Å². The van der Waals surface area contributed by atoms with Crippen molar-refractivity contribution < 1.29 is 9.53 Å². The fourth-order valence-corrected chi connectivity index (χ4v) is 5.80. The van der Waals surface area contributed by atoms with E-state index in [0.29, 0.717) is 0 Å². The monoisotopic (exact) mass is 398 g/mol. The molecule has 0 aromatic carbocycles. The first kappa shape index (κ1) is 18.1. The number of ether oxygens (including phenoxy) is 1. The van der Waals surface area contributed by atoms with E-state index in [0.717, 1.165) is 75.8 Å². The summed E-state index contributed by atoms with van der Waals surface area (Å²) in [6.45, 7) is 5.86. The molecule has 0 aliphatic carbocycles. The quantitative estimate of drug-likeness (QED) is 0.841. The van der Waals surface area contributed by atoms with Crippen LogP contribution in [0.2, 0.25) is 0 Å². The Labute approximate surface area is 169 Å². The molecule has 5 heterocycles. The summed E-state index contributed by atoms with van der Waals surface area (Å²) < 4.78 is 6.26. The number of thiophene rings is 1. The number of carbonyl (C=O) groups is 1. The zero-order chi connectivity index (χ0) is 19.0. The fourth-order valence-electron chi connectivity index (χ4n) is 4.60. The van der Waals surface area contributed by atoms with Crippen molar-refractivity contribution in [2.75, 3.05) is 50.8 Å². The minimum Gasteiger partial charge on any atom is -0.370 e. The van der Waals surface area contributed by atoms with E-state index in [1.807, 2.05) is 29.3 Å². The van der Waals surface area contributed by atoms with Gasteiger partial charge in [-0.15, -0.1) is 11.3 Å². The highest BCUT2D eigenvalue weighted by Crippen LogP contribution is 2.43. The Morgan fingerprint density at radius 3 is 2.75 bits per heavy atom. The molecule has 3 aliphatic rings. The smallest absolute Gasteiger partial charge is 0.264 e. The topological polar surface area (TPSA) is 57.7 Å². The minimum atomic E-state index is -0.175. The number of carbonyl (C=O) groups excluding carboxylic acids is 1. The van der Waals surface area contributed by atoms with Crippen molar-refractivity contribution in [1.82, 2.24) is 15.2 Å². The number of hydrogen-bond donors (Lipinski definition) is 1. The zero-order valence-electron chi connectivity index (χ0n) is 16.0. The summed E-state index contributed by atoms with van der Waals surface area (Å²) in [6.07, 6.45) is 4.73. The Balaban J connectivity index is 1.30. The lowest BCUT2D eigenvalue weighted by Gasteiger charge is -2.40. The third-order valence-electron chi connectivity index (χ3n) is 6.17. The van der Waals surface area contributed by atoms with Gasteiger partial charge in [-0.3, -0.25) is 4.79 Å².